The molecular formula is C15H21NO2. The van der Waals surface area contributed by atoms with Gasteiger partial charge in [-0.3, -0.25) is 4.79 Å². The fraction of sp³-hybridized carbons (Fsp3) is 0.533. The van der Waals surface area contributed by atoms with Crippen molar-refractivity contribution in [2.75, 3.05) is 20.7 Å². The summed E-state index contributed by atoms with van der Waals surface area (Å²) in [5.41, 5.74) is 2.99. The molecule has 0 spiro atoms. The van der Waals surface area contributed by atoms with Crippen LogP contribution in [-0.4, -0.2) is 31.5 Å². The minimum Gasteiger partial charge on any atom is -0.496 e. The first-order valence-corrected chi connectivity index (χ1v) is 6.31. The Morgan fingerprint density at radius 3 is 2.50 bits per heavy atom. The van der Waals surface area contributed by atoms with Gasteiger partial charge in [-0.25, -0.2) is 0 Å². The minimum absolute atomic E-state index is 0.0311. The second-order valence-corrected chi connectivity index (χ2v) is 5.94. The topological polar surface area (TPSA) is 29.5 Å². The normalized spacial score (nSPS) is 15.6. The molecular weight excluding hydrogens is 226 g/mol. The van der Waals surface area contributed by atoms with Gasteiger partial charge in [0.15, 0.2) is 0 Å². The lowest BCUT2D eigenvalue weighted by molar-refractivity contribution is 0.0780. The SMILES string of the molecule is COc1cc2c(cc1C(C)(C)C)C(=O)N(C)CC2. The summed E-state index contributed by atoms with van der Waals surface area (Å²) in [5.74, 6) is 1.00. The lowest BCUT2D eigenvalue weighted by Gasteiger charge is -2.29. The molecule has 0 saturated heterocycles. The van der Waals surface area contributed by atoms with Crippen LogP contribution in [0.15, 0.2) is 12.1 Å². The summed E-state index contributed by atoms with van der Waals surface area (Å²) in [4.78, 5) is 14.0. The average Bonchev–Trinajstić information content (AvgIpc) is 2.31. The first-order chi connectivity index (χ1) is 8.34. The molecule has 0 unspecified atom stereocenters. The Morgan fingerprint density at radius 1 is 1.28 bits per heavy atom. The van der Waals surface area contributed by atoms with Crippen LogP contribution >= 0.6 is 0 Å². The number of nitrogens with zero attached hydrogens (tertiary/aromatic N) is 1. The van der Waals surface area contributed by atoms with Crippen molar-refractivity contribution in [2.45, 2.75) is 32.6 Å². The molecule has 0 radical (unpaired) electrons. The van der Waals surface area contributed by atoms with Gasteiger partial charge in [0.1, 0.15) is 5.75 Å². The smallest absolute Gasteiger partial charge is 0.253 e. The number of benzene rings is 1. The van der Waals surface area contributed by atoms with E-state index < -0.39 is 0 Å². The molecule has 0 aliphatic carbocycles. The largest absolute Gasteiger partial charge is 0.496 e. The van der Waals surface area contributed by atoms with Gasteiger partial charge in [-0.05, 0) is 29.5 Å². The summed E-state index contributed by atoms with van der Waals surface area (Å²) in [6.07, 6.45) is 0.901. The maximum absolute atomic E-state index is 12.2. The van der Waals surface area contributed by atoms with Crippen LogP contribution in [0.2, 0.25) is 0 Å². The number of ether oxygens (including phenoxy) is 1. The van der Waals surface area contributed by atoms with E-state index in [1.807, 2.05) is 19.2 Å². The summed E-state index contributed by atoms with van der Waals surface area (Å²) in [6.45, 7) is 7.18. The van der Waals surface area contributed by atoms with Crippen LogP contribution in [0.1, 0.15) is 42.3 Å². The number of carbonyl (C=O) groups excluding carboxylic acids is 1. The van der Waals surface area contributed by atoms with E-state index in [9.17, 15) is 4.79 Å². The Bertz CT molecular complexity index is 486. The highest BCUT2D eigenvalue weighted by Crippen LogP contribution is 2.35. The number of rotatable bonds is 1. The van der Waals surface area contributed by atoms with Crippen LogP contribution in [0.5, 0.6) is 5.75 Å². The summed E-state index contributed by atoms with van der Waals surface area (Å²) < 4.78 is 5.48. The molecule has 2 rings (SSSR count). The second kappa shape index (κ2) is 4.30. The van der Waals surface area contributed by atoms with Crippen LogP contribution in [-0.2, 0) is 11.8 Å². The Morgan fingerprint density at radius 2 is 1.94 bits per heavy atom. The van der Waals surface area contributed by atoms with Gasteiger partial charge in [-0.2, -0.15) is 0 Å². The Balaban J connectivity index is 2.60. The van der Waals surface area contributed by atoms with Crippen LogP contribution in [0, 0.1) is 0 Å². The molecule has 3 heteroatoms. The zero-order valence-electron chi connectivity index (χ0n) is 11.8. The van der Waals surface area contributed by atoms with E-state index in [2.05, 4.69) is 20.8 Å². The first-order valence-electron chi connectivity index (χ1n) is 6.31. The monoisotopic (exact) mass is 247 g/mol. The van der Waals surface area contributed by atoms with Crippen molar-refractivity contribution in [3.8, 4) is 5.75 Å². The molecule has 1 amide bonds. The predicted molar refractivity (Wildman–Crippen MR) is 72.4 cm³/mol. The van der Waals surface area contributed by atoms with Crippen molar-refractivity contribution < 1.29 is 9.53 Å². The maximum Gasteiger partial charge on any atom is 0.253 e. The minimum atomic E-state index is -0.0311. The molecule has 0 aromatic heterocycles. The number of hydrogen-bond donors (Lipinski definition) is 0. The summed E-state index contributed by atoms with van der Waals surface area (Å²) in [7, 11) is 3.54. The van der Waals surface area contributed by atoms with Gasteiger partial charge in [0, 0.05) is 24.7 Å². The van der Waals surface area contributed by atoms with Gasteiger partial charge in [0.25, 0.3) is 5.91 Å². The van der Waals surface area contributed by atoms with Crippen LogP contribution in [0.3, 0.4) is 0 Å². The molecule has 98 valence electrons. The van der Waals surface area contributed by atoms with Crippen molar-refractivity contribution in [3.63, 3.8) is 0 Å². The molecule has 1 aromatic rings. The van der Waals surface area contributed by atoms with Crippen LogP contribution in [0.25, 0.3) is 0 Å². The number of hydrogen-bond acceptors (Lipinski definition) is 2. The number of fused-ring (bicyclic) bond motifs is 1. The third-order valence-corrected chi connectivity index (χ3v) is 3.53. The second-order valence-electron chi connectivity index (χ2n) is 5.94. The van der Waals surface area contributed by atoms with Crippen molar-refractivity contribution >= 4 is 5.91 Å². The summed E-state index contributed by atoms with van der Waals surface area (Å²) in [6, 6.07) is 4.03. The molecule has 3 nitrogen and oxygen atoms in total. The molecule has 0 N–H and O–H groups in total. The molecule has 1 heterocycles. The number of carbonyl (C=O) groups is 1. The molecule has 1 aliphatic rings. The third kappa shape index (κ3) is 2.09. The Kier molecular flexibility index (Phi) is 3.09. The molecule has 18 heavy (non-hydrogen) atoms. The average molecular weight is 247 g/mol. The Hall–Kier alpha value is -1.51. The predicted octanol–water partition coefficient (Wildman–Crippen LogP) is 2.62. The van der Waals surface area contributed by atoms with Crippen molar-refractivity contribution in [1.82, 2.24) is 4.90 Å². The summed E-state index contributed by atoms with van der Waals surface area (Å²) >= 11 is 0. The number of likely N-dealkylation sites (N-methyl/N-ethyl adjacent to an activating group) is 1. The molecule has 1 aromatic carbocycles. The zero-order valence-corrected chi connectivity index (χ0v) is 11.8. The van der Waals surface area contributed by atoms with Gasteiger partial charge in [-0.1, -0.05) is 20.8 Å². The van der Waals surface area contributed by atoms with Crippen molar-refractivity contribution in [3.05, 3.63) is 28.8 Å². The van der Waals surface area contributed by atoms with E-state index in [0.717, 1.165) is 35.4 Å². The highest BCUT2D eigenvalue weighted by Gasteiger charge is 2.27. The third-order valence-electron chi connectivity index (χ3n) is 3.53. The lowest BCUT2D eigenvalue weighted by Crippen LogP contribution is -2.34. The molecule has 0 fully saturated rings. The van der Waals surface area contributed by atoms with Gasteiger partial charge >= 0.3 is 0 Å². The van der Waals surface area contributed by atoms with E-state index >= 15 is 0 Å². The van der Waals surface area contributed by atoms with Gasteiger partial charge in [0.05, 0.1) is 7.11 Å². The zero-order chi connectivity index (χ0) is 13.5. The maximum atomic E-state index is 12.2. The van der Waals surface area contributed by atoms with Crippen molar-refractivity contribution in [1.29, 1.82) is 0 Å². The molecule has 0 bridgehead atoms. The number of methoxy groups -OCH3 is 1. The van der Waals surface area contributed by atoms with Crippen molar-refractivity contribution in [2.24, 2.45) is 0 Å². The highest BCUT2D eigenvalue weighted by atomic mass is 16.5. The van der Waals surface area contributed by atoms with Crippen LogP contribution in [0.4, 0.5) is 0 Å². The first kappa shape index (κ1) is 12.9. The quantitative estimate of drug-likeness (QED) is 0.763. The summed E-state index contributed by atoms with van der Waals surface area (Å²) in [5, 5.41) is 0. The van der Waals surface area contributed by atoms with E-state index in [0.29, 0.717) is 0 Å². The van der Waals surface area contributed by atoms with E-state index in [1.54, 1.807) is 12.0 Å². The van der Waals surface area contributed by atoms with E-state index in [1.165, 1.54) is 0 Å². The lowest BCUT2D eigenvalue weighted by atomic mass is 9.83. The van der Waals surface area contributed by atoms with Gasteiger partial charge in [-0.15, -0.1) is 0 Å². The molecule has 0 saturated carbocycles. The van der Waals surface area contributed by atoms with Gasteiger partial charge in [0.2, 0.25) is 0 Å². The fourth-order valence-electron chi connectivity index (χ4n) is 2.38. The standard InChI is InChI=1S/C15H21NO2/c1-15(2,3)12-9-11-10(8-13(12)18-5)6-7-16(4)14(11)17/h8-9H,6-7H2,1-5H3. The highest BCUT2D eigenvalue weighted by molar-refractivity contribution is 5.97. The molecule has 1 aliphatic heterocycles. The molecule has 0 atom stereocenters. The van der Waals surface area contributed by atoms with Gasteiger partial charge < -0.3 is 9.64 Å². The van der Waals surface area contributed by atoms with E-state index in [-0.39, 0.29) is 11.3 Å². The van der Waals surface area contributed by atoms with E-state index in [4.69, 9.17) is 4.74 Å². The van der Waals surface area contributed by atoms with Crippen LogP contribution < -0.4 is 4.74 Å². The fourth-order valence-corrected chi connectivity index (χ4v) is 2.38. The Labute approximate surface area is 109 Å². The number of amides is 1.